The first-order valence-corrected chi connectivity index (χ1v) is 11.0. The minimum Gasteiger partial charge on any atom is -0.392 e. The van der Waals surface area contributed by atoms with Gasteiger partial charge in [0, 0.05) is 24.5 Å². The van der Waals surface area contributed by atoms with Crippen LogP contribution in [0, 0.1) is 17.3 Å². The lowest BCUT2D eigenvalue weighted by Crippen LogP contribution is -2.34. The molecule has 1 amide bonds. The van der Waals surface area contributed by atoms with Gasteiger partial charge in [0.2, 0.25) is 5.91 Å². The van der Waals surface area contributed by atoms with E-state index in [4.69, 9.17) is 0 Å². The number of fused-ring (bicyclic) bond motifs is 3. The van der Waals surface area contributed by atoms with E-state index in [2.05, 4.69) is 37.1 Å². The van der Waals surface area contributed by atoms with Crippen LogP contribution in [-0.4, -0.2) is 49.2 Å². The van der Waals surface area contributed by atoms with E-state index in [1.807, 2.05) is 20.2 Å². The highest BCUT2D eigenvalue weighted by Gasteiger charge is 2.46. The van der Waals surface area contributed by atoms with Crippen molar-refractivity contribution in [2.45, 2.75) is 65.4 Å². The van der Waals surface area contributed by atoms with Gasteiger partial charge in [-0.15, -0.1) is 0 Å². The van der Waals surface area contributed by atoms with Gasteiger partial charge < -0.3 is 15.3 Å². The van der Waals surface area contributed by atoms with Gasteiger partial charge in [-0.05, 0) is 75.2 Å². The van der Waals surface area contributed by atoms with Crippen LogP contribution in [0.15, 0.2) is 34.4 Å². The number of carbonyl (C=O) groups excluding carboxylic acids is 1. The number of carbonyl (C=O) groups is 1. The lowest BCUT2D eigenvalue weighted by molar-refractivity contribution is -0.117. The number of hydrogen-bond acceptors (Lipinski definition) is 3. The number of nitrogens with zero attached hydrogens (tertiary/aromatic N) is 1. The quantitative estimate of drug-likeness (QED) is 0.682. The van der Waals surface area contributed by atoms with Crippen LogP contribution in [0.5, 0.6) is 0 Å². The predicted molar refractivity (Wildman–Crippen MR) is 115 cm³/mol. The molecule has 2 N–H and O–H groups in total. The molecule has 0 aromatic rings. The van der Waals surface area contributed by atoms with E-state index in [-0.39, 0.29) is 17.2 Å². The lowest BCUT2D eigenvalue weighted by atomic mass is 9.64. The Morgan fingerprint density at radius 3 is 2.75 bits per heavy atom. The van der Waals surface area contributed by atoms with Crippen molar-refractivity contribution in [3.8, 4) is 0 Å². The number of hydrogen-bond donors (Lipinski definition) is 2. The first-order valence-electron chi connectivity index (χ1n) is 11.0. The van der Waals surface area contributed by atoms with Gasteiger partial charge >= 0.3 is 0 Å². The topological polar surface area (TPSA) is 52.6 Å². The number of aliphatic hydroxyl groups is 1. The smallest absolute Gasteiger partial charge is 0.247 e. The molecule has 156 valence electrons. The molecule has 3 unspecified atom stereocenters. The number of allylic oxidation sites excluding steroid dienone is 4. The Labute approximate surface area is 170 Å². The third-order valence-electron chi connectivity index (χ3n) is 6.98. The Balaban J connectivity index is 1.82. The summed E-state index contributed by atoms with van der Waals surface area (Å²) < 4.78 is 0. The summed E-state index contributed by atoms with van der Waals surface area (Å²) in [5.41, 5.74) is 5.33. The maximum Gasteiger partial charge on any atom is 0.247 e. The van der Waals surface area contributed by atoms with Gasteiger partial charge in [-0.1, -0.05) is 38.5 Å². The molecule has 0 spiro atoms. The monoisotopic (exact) mass is 386 g/mol. The third-order valence-corrected chi connectivity index (χ3v) is 6.98. The van der Waals surface area contributed by atoms with Crippen molar-refractivity contribution < 1.29 is 9.90 Å². The summed E-state index contributed by atoms with van der Waals surface area (Å²) in [4.78, 5) is 14.8. The summed E-state index contributed by atoms with van der Waals surface area (Å²) in [6.07, 6.45) is 9.61. The molecular weight excluding hydrogens is 348 g/mol. The zero-order chi connectivity index (χ0) is 20.5. The molecule has 3 rings (SSSR count). The van der Waals surface area contributed by atoms with E-state index < -0.39 is 6.10 Å². The standard InChI is InChI=1S/C24H38N2O2/c1-16(2)18-9-11-24(3)12-10-19-20(22(18)24)8-7-17(15-21(19)27)23(28)25-13-6-14-26(4)5/h7-8,16,19,21,27H,6,9-15H2,1-5H3,(H,25,28). The molecule has 3 atom stereocenters. The van der Waals surface area contributed by atoms with Crippen molar-refractivity contribution in [2.24, 2.45) is 17.3 Å². The second-order valence-electron chi connectivity index (χ2n) is 9.76. The van der Waals surface area contributed by atoms with Gasteiger partial charge in [-0.25, -0.2) is 0 Å². The zero-order valence-corrected chi connectivity index (χ0v) is 18.3. The molecule has 0 aliphatic heterocycles. The molecule has 0 saturated heterocycles. The number of aliphatic hydroxyl groups excluding tert-OH is 1. The van der Waals surface area contributed by atoms with Gasteiger partial charge in [-0.3, -0.25) is 4.79 Å². The summed E-state index contributed by atoms with van der Waals surface area (Å²) >= 11 is 0. The second-order valence-corrected chi connectivity index (χ2v) is 9.76. The third kappa shape index (κ3) is 4.28. The highest BCUT2D eigenvalue weighted by Crippen LogP contribution is 2.57. The molecule has 0 aromatic carbocycles. The van der Waals surface area contributed by atoms with Crippen LogP contribution < -0.4 is 5.32 Å². The molecule has 0 heterocycles. The van der Waals surface area contributed by atoms with Gasteiger partial charge in [0.1, 0.15) is 0 Å². The zero-order valence-electron chi connectivity index (χ0n) is 18.3. The van der Waals surface area contributed by atoms with E-state index in [0.717, 1.165) is 25.8 Å². The van der Waals surface area contributed by atoms with E-state index in [0.29, 0.717) is 24.5 Å². The predicted octanol–water partition coefficient (Wildman–Crippen LogP) is 3.83. The van der Waals surface area contributed by atoms with Crippen molar-refractivity contribution in [1.82, 2.24) is 10.2 Å². The van der Waals surface area contributed by atoms with E-state index in [1.165, 1.54) is 24.0 Å². The Hall–Kier alpha value is -1.39. The molecule has 3 aliphatic carbocycles. The molecular formula is C24H38N2O2. The van der Waals surface area contributed by atoms with Crippen molar-refractivity contribution in [3.05, 3.63) is 34.4 Å². The van der Waals surface area contributed by atoms with Gasteiger partial charge in [0.15, 0.2) is 0 Å². The van der Waals surface area contributed by atoms with Crippen LogP contribution in [0.25, 0.3) is 0 Å². The van der Waals surface area contributed by atoms with Crippen molar-refractivity contribution in [1.29, 1.82) is 0 Å². The summed E-state index contributed by atoms with van der Waals surface area (Å²) in [7, 11) is 4.08. The average molecular weight is 387 g/mol. The van der Waals surface area contributed by atoms with Crippen LogP contribution >= 0.6 is 0 Å². The van der Waals surface area contributed by atoms with E-state index >= 15 is 0 Å². The average Bonchev–Trinajstić information content (AvgIpc) is 2.90. The first-order chi connectivity index (χ1) is 13.2. The summed E-state index contributed by atoms with van der Waals surface area (Å²) in [6.45, 7) is 8.60. The summed E-state index contributed by atoms with van der Waals surface area (Å²) in [5.74, 6) is 0.672. The van der Waals surface area contributed by atoms with Crippen LogP contribution in [0.2, 0.25) is 0 Å². The van der Waals surface area contributed by atoms with Crippen molar-refractivity contribution in [2.75, 3.05) is 27.2 Å². The molecule has 0 bridgehead atoms. The van der Waals surface area contributed by atoms with Crippen molar-refractivity contribution in [3.63, 3.8) is 0 Å². The Kier molecular flexibility index (Phi) is 6.51. The Bertz CT molecular complexity index is 701. The summed E-state index contributed by atoms with van der Waals surface area (Å²) in [5, 5.41) is 14.0. The fourth-order valence-corrected chi connectivity index (χ4v) is 5.34. The second kappa shape index (κ2) is 8.54. The minimum absolute atomic E-state index is 0.0273. The molecule has 4 nitrogen and oxygen atoms in total. The highest BCUT2D eigenvalue weighted by molar-refractivity contribution is 5.94. The maximum absolute atomic E-state index is 12.7. The molecule has 0 aromatic heterocycles. The van der Waals surface area contributed by atoms with Crippen molar-refractivity contribution >= 4 is 5.91 Å². The molecule has 1 saturated carbocycles. The van der Waals surface area contributed by atoms with Crippen LogP contribution in [0.1, 0.15) is 59.3 Å². The van der Waals surface area contributed by atoms with E-state index in [9.17, 15) is 9.90 Å². The fourth-order valence-electron chi connectivity index (χ4n) is 5.34. The number of rotatable bonds is 6. The number of amides is 1. The van der Waals surface area contributed by atoms with Gasteiger partial charge in [-0.2, -0.15) is 0 Å². The lowest BCUT2D eigenvalue weighted by Gasteiger charge is -2.41. The molecule has 0 radical (unpaired) electrons. The highest BCUT2D eigenvalue weighted by atomic mass is 16.3. The maximum atomic E-state index is 12.7. The normalized spacial score (nSPS) is 30.0. The van der Waals surface area contributed by atoms with Crippen LogP contribution in [-0.2, 0) is 4.79 Å². The first kappa shape index (κ1) is 21.3. The summed E-state index contributed by atoms with van der Waals surface area (Å²) in [6, 6.07) is 0. The SMILES string of the molecule is CC(C)C1=C2C3=CC=C(C(=O)NCCCN(C)C)CC(O)C3CCC2(C)CC1. The molecule has 1 fully saturated rings. The van der Waals surface area contributed by atoms with Gasteiger partial charge in [0.05, 0.1) is 6.10 Å². The fraction of sp³-hybridized carbons (Fsp3) is 0.708. The number of nitrogens with one attached hydrogen (secondary N) is 1. The largest absolute Gasteiger partial charge is 0.392 e. The van der Waals surface area contributed by atoms with Crippen LogP contribution in [0.3, 0.4) is 0 Å². The molecule has 3 aliphatic rings. The van der Waals surface area contributed by atoms with Gasteiger partial charge in [0.25, 0.3) is 0 Å². The van der Waals surface area contributed by atoms with E-state index in [1.54, 1.807) is 5.57 Å². The Morgan fingerprint density at radius 1 is 1.32 bits per heavy atom. The molecule has 4 heteroatoms. The molecule has 28 heavy (non-hydrogen) atoms. The van der Waals surface area contributed by atoms with Crippen LogP contribution in [0.4, 0.5) is 0 Å². The Morgan fingerprint density at radius 2 is 2.07 bits per heavy atom. The minimum atomic E-state index is -0.474.